The number of carboxylic acid groups (broad SMARTS) is 1. The van der Waals surface area contributed by atoms with Crippen LogP contribution in [-0.2, 0) is 0 Å². The van der Waals surface area contributed by atoms with E-state index in [1.54, 1.807) is 17.0 Å². The zero-order valence-corrected chi connectivity index (χ0v) is 12.4. The van der Waals surface area contributed by atoms with E-state index in [0.29, 0.717) is 12.3 Å². The minimum absolute atomic E-state index is 0.0231. The summed E-state index contributed by atoms with van der Waals surface area (Å²) >= 11 is 0. The Kier molecular flexibility index (Phi) is 5.78. The number of nitrogens with one attached hydrogen (secondary N) is 1. The first kappa shape index (κ1) is 16.6. The number of nitrogens with zero attached hydrogens (tertiary/aromatic N) is 1. The highest BCUT2D eigenvalue weighted by Gasteiger charge is 2.19. The van der Waals surface area contributed by atoms with E-state index in [-0.39, 0.29) is 23.3 Å². The van der Waals surface area contributed by atoms with Gasteiger partial charge in [-0.3, -0.25) is 0 Å². The predicted octanol–water partition coefficient (Wildman–Crippen LogP) is 2.82. The molecule has 0 aliphatic rings. The molecule has 0 aliphatic carbocycles. The Labute approximate surface area is 124 Å². The van der Waals surface area contributed by atoms with Crippen LogP contribution >= 0.6 is 0 Å². The van der Waals surface area contributed by atoms with Crippen molar-refractivity contribution < 1.29 is 19.4 Å². The normalized spacial score (nSPS) is 10.1. The van der Waals surface area contributed by atoms with Gasteiger partial charge >= 0.3 is 12.0 Å². The van der Waals surface area contributed by atoms with E-state index in [9.17, 15) is 14.7 Å². The predicted molar refractivity (Wildman–Crippen MR) is 81.0 cm³/mol. The summed E-state index contributed by atoms with van der Waals surface area (Å²) in [5.41, 5.74) is 0.202. The summed E-state index contributed by atoms with van der Waals surface area (Å²) in [4.78, 5) is 25.0. The molecule has 2 amide bonds. The number of rotatable bonds is 6. The topological polar surface area (TPSA) is 78.9 Å². The molecule has 0 unspecified atom stereocenters. The maximum absolute atomic E-state index is 12.2. The number of carbonyl (C=O) groups excluding carboxylic acids is 1. The highest BCUT2D eigenvalue weighted by Crippen LogP contribution is 2.22. The third-order valence-corrected chi connectivity index (χ3v) is 2.91. The van der Waals surface area contributed by atoms with Crippen LogP contribution in [0.2, 0.25) is 0 Å². The molecule has 0 aliphatic heterocycles. The van der Waals surface area contributed by atoms with Crippen molar-refractivity contribution in [1.29, 1.82) is 0 Å². The molecule has 0 fully saturated rings. The van der Waals surface area contributed by atoms with Gasteiger partial charge in [0.2, 0.25) is 0 Å². The summed E-state index contributed by atoms with van der Waals surface area (Å²) in [5, 5.41) is 11.8. The van der Waals surface area contributed by atoms with E-state index in [0.717, 1.165) is 0 Å². The van der Waals surface area contributed by atoms with Crippen LogP contribution in [0.15, 0.2) is 30.9 Å². The van der Waals surface area contributed by atoms with E-state index in [1.807, 2.05) is 13.8 Å². The van der Waals surface area contributed by atoms with Crippen LogP contribution < -0.4 is 10.1 Å². The maximum Gasteiger partial charge on any atom is 0.337 e. The molecule has 0 saturated heterocycles. The number of urea groups is 1. The lowest BCUT2D eigenvalue weighted by atomic mass is 10.1. The lowest BCUT2D eigenvalue weighted by Crippen LogP contribution is -2.40. The molecule has 0 heterocycles. The van der Waals surface area contributed by atoms with Crippen molar-refractivity contribution >= 4 is 17.7 Å². The van der Waals surface area contributed by atoms with Gasteiger partial charge in [0, 0.05) is 12.6 Å². The van der Waals surface area contributed by atoms with Gasteiger partial charge in [-0.25, -0.2) is 9.59 Å². The Bertz CT molecular complexity index is 540. The molecule has 0 atom stereocenters. The van der Waals surface area contributed by atoms with Gasteiger partial charge in [0.15, 0.2) is 0 Å². The minimum Gasteiger partial charge on any atom is -0.497 e. The van der Waals surface area contributed by atoms with Gasteiger partial charge in [-0.1, -0.05) is 6.08 Å². The van der Waals surface area contributed by atoms with Gasteiger partial charge in [0.1, 0.15) is 5.75 Å². The molecule has 0 spiro atoms. The molecule has 1 aromatic rings. The molecular weight excluding hydrogens is 272 g/mol. The Morgan fingerprint density at radius 2 is 2.14 bits per heavy atom. The summed E-state index contributed by atoms with van der Waals surface area (Å²) in [6.07, 6.45) is 1.62. The first-order valence-electron chi connectivity index (χ1n) is 6.50. The van der Waals surface area contributed by atoms with Crippen molar-refractivity contribution in [2.75, 3.05) is 19.0 Å². The molecule has 114 valence electrons. The van der Waals surface area contributed by atoms with Crippen molar-refractivity contribution in [3.05, 3.63) is 36.4 Å². The molecule has 0 saturated carbocycles. The van der Waals surface area contributed by atoms with Crippen LogP contribution in [0.3, 0.4) is 0 Å². The SMILES string of the molecule is C=CCN(C(=O)Nc1ccc(OC)cc1C(=O)O)C(C)C. The van der Waals surface area contributed by atoms with Crippen LogP contribution in [0.25, 0.3) is 0 Å². The van der Waals surface area contributed by atoms with Gasteiger partial charge in [0.05, 0.1) is 18.4 Å². The molecule has 6 heteroatoms. The standard InChI is InChI=1S/C15H20N2O4/c1-5-8-17(10(2)3)15(20)16-13-7-6-11(21-4)9-12(13)14(18)19/h5-7,9-10H,1,8H2,2-4H3,(H,16,20)(H,18,19). The summed E-state index contributed by atoms with van der Waals surface area (Å²) in [6.45, 7) is 7.73. The second-order valence-corrected chi connectivity index (χ2v) is 4.68. The number of amides is 2. The Morgan fingerprint density at radius 1 is 1.48 bits per heavy atom. The molecule has 0 radical (unpaired) electrons. The second-order valence-electron chi connectivity index (χ2n) is 4.68. The quantitative estimate of drug-likeness (QED) is 0.790. The summed E-state index contributed by atoms with van der Waals surface area (Å²) in [5.74, 6) is -0.721. The smallest absolute Gasteiger partial charge is 0.337 e. The number of hydrogen-bond donors (Lipinski definition) is 2. The highest BCUT2D eigenvalue weighted by atomic mass is 16.5. The van der Waals surface area contributed by atoms with Crippen molar-refractivity contribution in [1.82, 2.24) is 4.90 Å². The average Bonchev–Trinajstić information content (AvgIpc) is 2.44. The van der Waals surface area contributed by atoms with Crippen LogP contribution in [-0.4, -0.2) is 41.7 Å². The summed E-state index contributed by atoms with van der Waals surface area (Å²) in [6, 6.07) is 4.06. The summed E-state index contributed by atoms with van der Waals surface area (Å²) < 4.78 is 4.99. The maximum atomic E-state index is 12.2. The highest BCUT2D eigenvalue weighted by molar-refractivity contribution is 6.00. The molecule has 1 rings (SSSR count). The van der Waals surface area contributed by atoms with E-state index < -0.39 is 5.97 Å². The van der Waals surface area contributed by atoms with Gasteiger partial charge in [-0.15, -0.1) is 6.58 Å². The molecule has 2 N–H and O–H groups in total. The van der Waals surface area contributed by atoms with Crippen molar-refractivity contribution in [2.24, 2.45) is 0 Å². The molecule has 1 aromatic carbocycles. The zero-order chi connectivity index (χ0) is 16.0. The van der Waals surface area contributed by atoms with Gasteiger partial charge < -0.3 is 20.1 Å². The lowest BCUT2D eigenvalue weighted by molar-refractivity contribution is 0.0697. The number of ether oxygens (including phenoxy) is 1. The number of benzene rings is 1. The minimum atomic E-state index is -1.14. The second kappa shape index (κ2) is 7.33. The van der Waals surface area contributed by atoms with Crippen LogP contribution in [0.1, 0.15) is 24.2 Å². The van der Waals surface area contributed by atoms with Crippen molar-refractivity contribution in [3.8, 4) is 5.75 Å². The third-order valence-electron chi connectivity index (χ3n) is 2.91. The average molecular weight is 292 g/mol. The van der Waals surface area contributed by atoms with E-state index in [2.05, 4.69) is 11.9 Å². The Hall–Kier alpha value is -2.50. The number of carboxylic acids is 1. The molecule has 21 heavy (non-hydrogen) atoms. The molecule has 6 nitrogen and oxygen atoms in total. The summed E-state index contributed by atoms with van der Waals surface area (Å²) in [7, 11) is 1.45. The fraction of sp³-hybridized carbons (Fsp3) is 0.333. The first-order chi connectivity index (χ1) is 9.90. The number of methoxy groups -OCH3 is 1. The van der Waals surface area contributed by atoms with E-state index >= 15 is 0 Å². The van der Waals surface area contributed by atoms with E-state index in [1.165, 1.54) is 19.2 Å². The number of carbonyl (C=O) groups is 2. The number of anilines is 1. The Morgan fingerprint density at radius 3 is 2.62 bits per heavy atom. The fourth-order valence-electron chi connectivity index (χ4n) is 1.79. The van der Waals surface area contributed by atoms with E-state index in [4.69, 9.17) is 4.74 Å². The van der Waals surface area contributed by atoms with Gasteiger partial charge in [-0.05, 0) is 32.0 Å². The zero-order valence-electron chi connectivity index (χ0n) is 12.4. The Balaban J connectivity index is 3.03. The largest absolute Gasteiger partial charge is 0.497 e. The van der Waals surface area contributed by atoms with Crippen LogP contribution in [0.4, 0.5) is 10.5 Å². The molecular formula is C15H20N2O4. The monoisotopic (exact) mass is 292 g/mol. The van der Waals surface area contributed by atoms with Crippen molar-refractivity contribution in [3.63, 3.8) is 0 Å². The lowest BCUT2D eigenvalue weighted by Gasteiger charge is -2.26. The van der Waals surface area contributed by atoms with Gasteiger partial charge in [0.25, 0.3) is 0 Å². The van der Waals surface area contributed by atoms with Crippen LogP contribution in [0, 0.1) is 0 Å². The first-order valence-corrected chi connectivity index (χ1v) is 6.50. The van der Waals surface area contributed by atoms with Gasteiger partial charge in [-0.2, -0.15) is 0 Å². The molecule has 0 aromatic heterocycles. The molecule has 0 bridgehead atoms. The number of aromatic carboxylic acids is 1. The van der Waals surface area contributed by atoms with Crippen molar-refractivity contribution in [2.45, 2.75) is 19.9 Å². The fourth-order valence-corrected chi connectivity index (χ4v) is 1.79. The van der Waals surface area contributed by atoms with Crippen LogP contribution in [0.5, 0.6) is 5.75 Å². The number of hydrogen-bond acceptors (Lipinski definition) is 3. The third kappa shape index (κ3) is 4.24.